The molecule has 1 aromatic carbocycles. The highest BCUT2D eigenvalue weighted by Gasteiger charge is 2.33. The fourth-order valence-corrected chi connectivity index (χ4v) is 4.71. The summed E-state index contributed by atoms with van der Waals surface area (Å²) in [4.78, 5) is 37.9. The second kappa shape index (κ2) is 12.9. The Balaban J connectivity index is 1.14. The minimum absolute atomic E-state index is 0.117. The van der Waals surface area contributed by atoms with Crippen LogP contribution in [-0.2, 0) is 25.7 Å². The number of anilines is 1. The number of cyclic esters (lactones) is 1. The van der Waals surface area contributed by atoms with Gasteiger partial charge in [-0.15, -0.1) is 5.10 Å². The Labute approximate surface area is 236 Å². The molecule has 2 aliphatic heterocycles. The molecule has 1 saturated heterocycles. The number of rotatable bonds is 12. The van der Waals surface area contributed by atoms with E-state index in [1.54, 1.807) is 47.5 Å². The first kappa shape index (κ1) is 28.1. The third-order valence-corrected chi connectivity index (χ3v) is 7.06. The van der Waals surface area contributed by atoms with Crippen molar-refractivity contribution in [3.05, 3.63) is 60.4 Å². The molecule has 2 aromatic heterocycles. The molecule has 3 aromatic rings. The molecule has 0 aliphatic carbocycles. The zero-order chi connectivity index (χ0) is 28.8. The average Bonchev–Trinajstić information content (AvgIpc) is 3.75. The highest BCUT2D eigenvalue weighted by atomic mass is 19.1. The highest BCUT2D eigenvalue weighted by Crippen LogP contribution is 2.29. The fourth-order valence-electron chi connectivity index (χ4n) is 4.71. The number of carbonyl (C=O) groups is 2. The molecule has 13 heteroatoms. The van der Waals surface area contributed by atoms with Gasteiger partial charge in [0.2, 0.25) is 0 Å². The monoisotopic (exact) mass is 565 g/mol. The van der Waals surface area contributed by atoms with E-state index in [0.717, 1.165) is 13.1 Å². The SMILES string of the molecule is CCN(CC)CCC(=O)OC[C@@H]1CC(c2ccc(-c3ccc(N4C[C@H](Cn5ccnn5)OC4=O)cc3F)cn2)=NO1. The van der Waals surface area contributed by atoms with Crippen molar-refractivity contribution in [3.63, 3.8) is 0 Å². The summed E-state index contributed by atoms with van der Waals surface area (Å²) >= 11 is 0. The summed E-state index contributed by atoms with van der Waals surface area (Å²) in [6.45, 7) is 7.30. The van der Waals surface area contributed by atoms with Gasteiger partial charge in [-0.2, -0.15) is 0 Å². The van der Waals surface area contributed by atoms with Crippen LogP contribution < -0.4 is 4.90 Å². The normalized spacial score (nSPS) is 18.4. The summed E-state index contributed by atoms with van der Waals surface area (Å²) in [6.07, 6.45) is 4.23. The number of esters is 1. The highest BCUT2D eigenvalue weighted by molar-refractivity contribution is 5.99. The van der Waals surface area contributed by atoms with Crippen molar-refractivity contribution in [2.45, 2.75) is 45.4 Å². The van der Waals surface area contributed by atoms with E-state index in [4.69, 9.17) is 14.3 Å². The molecule has 4 heterocycles. The molecule has 1 amide bonds. The molecule has 0 radical (unpaired) electrons. The van der Waals surface area contributed by atoms with E-state index >= 15 is 4.39 Å². The Morgan fingerprint density at radius 3 is 2.76 bits per heavy atom. The van der Waals surface area contributed by atoms with Crippen LogP contribution in [0.1, 0.15) is 32.4 Å². The Bertz CT molecular complexity index is 1380. The number of amides is 1. The van der Waals surface area contributed by atoms with Crippen LogP contribution in [0.5, 0.6) is 0 Å². The van der Waals surface area contributed by atoms with Gasteiger partial charge < -0.3 is 19.2 Å². The maximum atomic E-state index is 15.1. The lowest BCUT2D eigenvalue weighted by Gasteiger charge is -2.17. The Hall–Kier alpha value is -4.39. The van der Waals surface area contributed by atoms with Crippen molar-refractivity contribution in [1.82, 2.24) is 24.9 Å². The Morgan fingerprint density at radius 2 is 2.05 bits per heavy atom. The molecular weight excluding hydrogens is 533 g/mol. The second-order valence-electron chi connectivity index (χ2n) is 9.77. The first-order valence-electron chi connectivity index (χ1n) is 13.6. The number of aromatic nitrogens is 4. The van der Waals surface area contributed by atoms with Crippen LogP contribution in [0.3, 0.4) is 0 Å². The van der Waals surface area contributed by atoms with Gasteiger partial charge >= 0.3 is 12.1 Å². The van der Waals surface area contributed by atoms with E-state index in [1.807, 2.05) is 0 Å². The third kappa shape index (κ3) is 6.85. The van der Waals surface area contributed by atoms with E-state index in [0.29, 0.717) is 54.2 Å². The van der Waals surface area contributed by atoms with Crippen molar-refractivity contribution in [2.24, 2.45) is 5.16 Å². The zero-order valence-corrected chi connectivity index (χ0v) is 23.0. The number of nitrogens with zero attached hydrogens (tertiary/aromatic N) is 7. The smallest absolute Gasteiger partial charge is 0.414 e. The number of hydrogen-bond acceptors (Lipinski definition) is 10. The molecule has 41 heavy (non-hydrogen) atoms. The van der Waals surface area contributed by atoms with E-state index in [2.05, 4.69) is 39.2 Å². The number of oxime groups is 1. The van der Waals surface area contributed by atoms with Gasteiger partial charge in [0.25, 0.3) is 0 Å². The molecule has 0 bridgehead atoms. The van der Waals surface area contributed by atoms with Gasteiger partial charge in [-0.3, -0.25) is 14.7 Å². The predicted molar refractivity (Wildman–Crippen MR) is 147 cm³/mol. The topological polar surface area (TPSA) is 124 Å². The standard InChI is InChI=1S/C28H32FN7O5/c1-3-34(4-2)11-9-27(37)39-18-21-14-26(32-41-21)25-8-5-19(15-30-25)23-7-6-20(13-24(23)29)36-17-22(40-28(36)38)16-35-12-10-31-33-35/h5-8,10,12-13,15,21-22H,3-4,9,11,14,16-18H2,1-2H3/t21-,22-/m0/s1. The molecule has 12 nitrogen and oxygen atoms in total. The molecule has 0 saturated carbocycles. The molecule has 2 aliphatic rings. The molecule has 216 valence electrons. The first-order valence-corrected chi connectivity index (χ1v) is 13.6. The summed E-state index contributed by atoms with van der Waals surface area (Å²) in [6, 6.07) is 8.09. The largest absolute Gasteiger partial charge is 0.462 e. The summed E-state index contributed by atoms with van der Waals surface area (Å²) in [5.41, 5.74) is 2.55. The maximum absolute atomic E-state index is 15.1. The summed E-state index contributed by atoms with van der Waals surface area (Å²) in [5.74, 6) is -0.758. The number of benzene rings is 1. The van der Waals surface area contributed by atoms with Crippen LogP contribution in [0.4, 0.5) is 14.9 Å². The Morgan fingerprint density at radius 1 is 1.20 bits per heavy atom. The van der Waals surface area contributed by atoms with Gasteiger partial charge in [-0.25, -0.2) is 13.9 Å². The number of ether oxygens (including phenoxy) is 2. The lowest BCUT2D eigenvalue weighted by atomic mass is 10.0. The molecule has 1 fully saturated rings. The van der Waals surface area contributed by atoms with Crippen molar-refractivity contribution < 1.29 is 28.3 Å². The summed E-state index contributed by atoms with van der Waals surface area (Å²) < 4.78 is 27.5. The Kier molecular flexibility index (Phi) is 8.82. The quantitative estimate of drug-likeness (QED) is 0.304. The third-order valence-electron chi connectivity index (χ3n) is 7.06. The van der Waals surface area contributed by atoms with Gasteiger partial charge in [-0.1, -0.05) is 30.3 Å². The molecule has 0 N–H and O–H groups in total. The minimum atomic E-state index is -0.541. The van der Waals surface area contributed by atoms with Crippen LogP contribution in [0.25, 0.3) is 11.1 Å². The van der Waals surface area contributed by atoms with Gasteiger partial charge in [0.05, 0.1) is 37.1 Å². The maximum Gasteiger partial charge on any atom is 0.414 e. The molecular formula is C28H32FN7O5. The second-order valence-corrected chi connectivity index (χ2v) is 9.77. The van der Waals surface area contributed by atoms with Crippen molar-refractivity contribution in [1.29, 1.82) is 0 Å². The van der Waals surface area contributed by atoms with Crippen LogP contribution in [0, 0.1) is 5.82 Å². The van der Waals surface area contributed by atoms with E-state index in [9.17, 15) is 9.59 Å². The van der Waals surface area contributed by atoms with Crippen LogP contribution in [0.2, 0.25) is 0 Å². The van der Waals surface area contributed by atoms with Crippen molar-refractivity contribution in [2.75, 3.05) is 37.7 Å². The summed E-state index contributed by atoms with van der Waals surface area (Å²) in [7, 11) is 0. The number of carbonyl (C=O) groups excluding carboxylic acids is 2. The molecule has 0 spiro atoms. The van der Waals surface area contributed by atoms with Crippen LogP contribution >= 0.6 is 0 Å². The summed E-state index contributed by atoms with van der Waals surface area (Å²) in [5, 5.41) is 11.7. The van der Waals surface area contributed by atoms with Gasteiger partial charge in [-0.05, 0) is 37.4 Å². The van der Waals surface area contributed by atoms with E-state index < -0.39 is 18.0 Å². The number of halogens is 1. The fraction of sp³-hybridized carbons (Fsp3) is 0.429. The van der Waals surface area contributed by atoms with E-state index in [1.165, 1.54) is 11.0 Å². The molecule has 0 unspecified atom stereocenters. The predicted octanol–water partition coefficient (Wildman–Crippen LogP) is 3.27. The van der Waals surface area contributed by atoms with Gasteiger partial charge in [0, 0.05) is 36.5 Å². The van der Waals surface area contributed by atoms with Crippen molar-refractivity contribution in [3.8, 4) is 11.1 Å². The van der Waals surface area contributed by atoms with Crippen LogP contribution in [-0.4, -0.2) is 87.6 Å². The molecule has 2 atom stereocenters. The van der Waals surface area contributed by atoms with Gasteiger partial charge in [0.1, 0.15) is 24.2 Å². The zero-order valence-electron chi connectivity index (χ0n) is 23.0. The lowest BCUT2D eigenvalue weighted by molar-refractivity contribution is -0.147. The molecule has 5 rings (SSSR count). The van der Waals surface area contributed by atoms with Crippen molar-refractivity contribution >= 4 is 23.5 Å². The van der Waals surface area contributed by atoms with E-state index in [-0.39, 0.29) is 25.2 Å². The average molecular weight is 566 g/mol. The minimum Gasteiger partial charge on any atom is -0.462 e. The van der Waals surface area contributed by atoms with Gasteiger partial charge in [0.15, 0.2) is 6.10 Å². The number of hydrogen-bond donors (Lipinski definition) is 0. The van der Waals surface area contributed by atoms with Crippen LogP contribution in [0.15, 0.2) is 54.1 Å². The lowest BCUT2D eigenvalue weighted by Crippen LogP contribution is -2.27. The number of pyridine rings is 1. The first-order chi connectivity index (χ1) is 19.9.